The predicted molar refractivity (Wildman–Crippen MR) is 108 cm³/mol. The van der Waals surface area contributed by atoms with Gasteiger partial charge >= 0.3 is 0 Å². The van der Waals surface area contributed by atoms with Gasteiger partial charge in [0, 0.05) is 32.3 Å². The molecule has 2 fully saturated rings. The van der Waals surface area contributed by atoms with Crippen molar-refractivity contribution < 1.29 is 14.2 Å². The summed E-state index contributed by atoms with van der Waals surface area (Å²) in [6.07, 6.45) is 9.04. The van der Waals surface area contributed by atoms with Gasteiger partial charge in [-0.1, -0.05) is 17.8 Å². The van der Waals surface area contributed by atoms with E-state index in [9.17, 15) is 0 Å². The van der Waals surface area contributed by atoms with Crippen LogP contribution in [-0.4, -0.2) is 86.7 Å². The molecule has 2 aliphatic rings. The highest BCUT2D eigenvalue weighted by atomic mass is 16.5. The van der Waals surface area contributed by atoms with Crippen LogP contribution in [0.5, 0.6) is 0 Å². The quantitative estimate of drug-likeness (QED) is 0.606. The summed E-state index contributed by atoms with van der Waals surface area (Å²) in [5.41, 5.74) is 0. The zero-order chi connectivity index (χ0) is 19.8. The standard InChI is InChI=1S/C22H36N2O3/c1-7-21(27-17(3)4)19-11-9-13-24(19)14-10-12-22(26-8-2)20-15-18(25-6)16-23(20)5/h1,17-22H,8-9,11,13-16H2,2-6H3/t18-,19+,20+,21+,22+/m1/s1. The maximum Gasteiger partial charge on any atom is 0.133 e. The zero-order valence-corrected chi connectivity index (χ0v) is 17.6. The number of rotatable bonds is 8. The third-order valence-corrected chi connectivity index (χ3v) is 5.46. The van der Waals surface area contributed by atoms with E-state index in [0.29, 0.717) is 13.2 Å². The van der Waals surface area contributed by atoms with E-state index in [2.05, 4.69) is 34.6 Å². The highest BCUT2D eigenvalue weighted by Gasteiger charge is 2.35. The number of hydrogen-bond acceptors (Lipinski definition) is 5. The van der Waals surface area contributed by atoms with Gasteiger partial charge in [-0.05, 0) is 53.6 Å². The third kappa shape index (κ3) is 6.21. The first-order valence-corrected chi connectivity index (χ1v) is 10.2. The molecule has 0 aromatic rings. The Morgan fingerprint density at radius 1 is 1.22 bits per heavy atom. The molecule has 2 aliphatic heterocycles. The second-order valence-electron chi connectivity index (χ2n) is 7.75. The second kappa shape index (κ2) is 11.1. The molecule has 0 aliphatic carbocycles. The fourth-order valence-corrected chi connectivity index (χ4v) is 4.11. The van der Waals surface area contributed by atoms with Crippen LogP contribution in [0, 0.1) is 24.2 Å². The average Bonchev–Trinajstić information content (AvgIpc) is 3.25. The first-order chi connectivity index (χ1) is 13.0. The van der Waals surface area contributed by atoms with Crippen molar-refractivity contribution in [3.8, 4) is 24.2 Å². The normalized spacial score (nSPS) is 28.7. The maximum atomic E-state index is 5.96. The van der Waals surface area contributed by atoms with E-state index in [0.717, 1.165) is 32.4 Å². The summed E-state index contributed by atoms with van der Waals surface area (Å²) in [5.74, 6) is 9.57. The molecule has 0 amide bonds. The van der Waals surface area contributed by atoms with Crippen molar-refractivity contribution in [1.29, 1.82) is 0 Å². The van der Waals surface area contributed by atoms with Crippen molar-refractivity contribution in [1.82, 2.24) is 9.80 Å². The number of terminal acetylenes is 1. The maximum absolute atomic E-state index is 5.96. The lowest BCUT2D eigenvalue weighted by Crippen LogP contribution is -2.41. The molecule has 0 aromatic carbocycles. The van der Waals surface area contributed by atoms with Crippen LogP contribution in [0.15, 0.2) is 0 Å². The number of nitrogens with zero attached hydrogens (tertiary/aromatic N) is 2. The topological polar surface area (TPSA) is 34.2 Å². The minimum Gasteiger partial charge on any atom is -0.380 e. The van der Waals surface area contributed by atoms with Gasteiger partial charge in [0.05, 0.1) is 18.8 Å². The van der Waals surface area contributed by atoms with Gasteiger partial charge in [-0.3, -0.25) is 9.80 Å². The molecule has 2 rings (SSSR count). The smallest absolute Gasteiger partial charge is 0.133 e. The molecule has 2 heterocycles. The van der Waals surface area contributed by atoms with Crippen LogP contribution < -0.4 is 0 Å². The summed E-state index contributed by atoms with van der Waals surface area (Å²) < 4.78 is 17.4. The van der Waals surface area contributed by atoms with Crippen molar-refractivity contribution >= 4 is 0 Å². The fourth-order valence-electron chi connectivity index (χ4n) is 4.11. The Balaban J connectivity index is 1.98. The number of likely N-dealkylation sites (tertiary alicyclic amines) is 2. The Kier molecular flexibility index (Phi) is 9.09. The molecular weight excluding hydrogens is 340 g/mol. The summed E-state index contributed by atoms with van der Waals surface area (Å²) in [6, 6.07) is 0.531. The van der Waals surface area contributed by atoms with E-state index in [1.807, 2.05) is 20.8 Å². The van der Waals surface area contributed by atoms with Gasteiger partial charge in [0.15, 0.2) is 0 Å². The average molecular weight is 377 g/mol. The molecule has 0 radical (unpaired) electrons. The molecule has 5 heteroatoms. The van der Waals surface area contributed by atoms with Crippen molar-refractivity contribution in [2.75, 3.05) is 40.4 Å². The number of ether oxygens (including phenoxy) is 3. The van der Waals surface area contributed by atoms with Gasteiger partial charge in [-0.15, -0.1) is 6.42 Å². The Labute approximate surface area is 165 Å². The van der Waals surface area contributed by atoms with E-state index >= 15 is 0 Å². The predicted octanol–water partition coefficient (Wildman–Crippen LogP) is 2.01. The monoisotopic (exact) mass is 376 g/mol. The summed E-state index contributed by atoms with van der Waals surface area (Å²) in [5, 5.41) is 0. The van der Waals surface area contributed by atoms with E-state index in [1.165, 1.54) is 0 Å². The number of methoxy groups -OCH3 is 1. The largest absolute Gasteiger partial charge is 0.380 e. The van der Waals surface area contributed by atoms with Gasteiger partial charge in [0.1, 0.15) is 12.2 Å². The van der Waals surface area contributed by atoms with E-state index in [4.69, 9.17) is 20.6 Å². The van der Waals surface area contributed by atoms with Crippen molar-refractivity contribution in [2.45, 2.75) is 76.5 Å². The van der Waals surface area contributed by atoms with Crippen molar-refractivity contribution in [3.63, 3.8) is 0 Å². The summed E-state index contributed by atoms with van der Waals surface area (Å²) in [4.78, 5) is 4.66. The first kappa shape index (κ1) is 22.2. The van der Waals surface area contributed by atoms with E-state index in [-0.39, 0.29) is 36.5 Å². The molecule has 0 bridgehead atoms. The van der Waals surface area contributed by atoms with Crippen LogP contribution in [0.25, 0.3) is 0 Å². The van der Waals surface area contributed by atoms with Crippen LogP contribution in [0.1, 0.15) is 40.0 Å². The van der Waals surface area contributed by atoms with Gasteiger partial charge in [0.2, 0.25) is 0 Å². The van der Waals surface area contributed by atoms with Crippen molar-refractivity contribution in [3.05, 3.63) is 0 Å². The van der Waals surface area contributed by atoms with Gasteiger partial charge in [0.25, 0.3) is 0 Å². The molecule has 0 unspecified atom stereocenters. The molecular formula is C22H36N2O3. The Morgan fingerprint density at radius 2 is 2.00 bits per heavy atom. The summed E-state index contributed by atoms with van der Waals surface area (Å²) in [7, 11) is 3.89. The van der Waals surface area contributed by atoms with Gasteiger partial charge < -0.3 is 14.2 Å². The second-order valence-corrected chi connectivity index (χ2v) is 7.75. The third-order valence-electron chi connectivity index (χ3n) is 5.46. The van der Waals surface area contributed by atoms with Crippen LogP contribution in [-0.2, 0) is 14.2 Å². The highest BCUT2D eigenvalue weighted by Crippen LogP contribution is 2.24. The molecule has 2 saturated heterocycles. The minimum absolute atomic E-state index is 0.0865. The Hall–Kier alpha value is -1.08. The Bertz CT molecular complexity index is 548. The Morgan fingerprint density at radius 3 is 2.59 bits per heavy atom. The molecule has 152 valence electrons. The number of hydrogen-bond donors (Lipinski definition) is 0. The minimum atomic E-state index is -0.166. The zero-order valence-electron chi connectivity index (χ0n) is 17.6. The van der Waals surface area contributed by atoms with Crippen LogP contribution in [0.2, 0.25) is 0 Å². The lowest BCUT2D eigenvalue weighted by atomic mass is 10.1. The fraction of sp³-hybridized carbons (Fsp3) is 0.818. The van der Waals surface area contributed by atoms with Crippen molar-refractivity contribution in [2.24, 2.45) is 0 Å². The summed E-state index contributed by atoms with van der Waals surface area (Å²) >= 11 is 0. The molecule has 0 spiro atoms. The van der Waals surface area contributed by atoms with E-state index in [1.54, 1.807) is 7.11 Å². The van der Waals surface area contributed by atoms with E-state index < -0.39 is 0 Å². The lowest BCUT2D eigenvalue weighted by Gasteiger charge is -2.28. The van der Waals surface area contributed by atoms with Crippen LogP contribution >= 0.6 is 0 Å². The highest BCUT2D eigenvalue weighted by molar-refractivity contribution is 5.14. The van der Waals surface area contributed by atoms with Crippen LogP contribution in [0.4, 0.5) is 0 Å². The molecule has 5 nitrogen and oxygen atoms in total. The van der Waals surface area contributed by atoms with Gasteiger partial charge in [-0.2, -0.15) is 0 Å². The molecule has 0 aromatic heterocycles. The molecule has 0 N–H and O–H groups in total. The van der Waals surface area contributed by atoms with Gasteiger partial charge in [-0.25, -0.2) is 0 Å². The lowest BCUT2D eigenvalue weighted by molar-refractivity contribution is -0.000522. The molecule has 5 atom stereocenters. The summed E-state index contributed by atoms with van der Waals surface area (Å²) in [6.45, 7) is 9.40. The number of likely N-dealkylation sites (N-methyl/N-ethyl adjacent to an activating group) is 1. The molecule has 27 heavy (non-hydrogen) atoms. The molecule has 0 saturated carbocycles. The SMILES string of the molecule is C#C[C@H](OC(C)C)[C@@H]1CCCN1CC#C[C@H](OCC)[C@@H]1C[C@@H](OC)CN1C. The van der Waals surface area contributed by atoms with Crippen LogP contribution in [0.3, 0.4) is 0 Å². The first-order valence-electron chi connectivity index (χ1n) is 10.2.